The molecule has 1 unspecified atom stereocenters. The first-order chi connectivity index (χ1) is 7.86. The molecule has 0 saturated heterocycles. The summed E-state index contributed by atoms with van der Waals surface area (Å²) < 4.78 is 13.5. The van der Waals surface area contributed by atoms with Crippen molar-refractivity contribution in [3.8, 4) is 0 Å². The molecule has 0 heterocycles. The second-order valence-corrected chi connectivity index (χ2v) is 4.47. The zero-order valence-electron chi connectivity index (χ0n) is 9.41. The Bertz CT molecular complexity index is 447. The molecule has 0 aromatic heterocycles. The van der Waals surface area contributed by atoms with E-state index >= 15 is 0 Å². The van der Waals surface area contributed by atoms with Crippen molar-refractivity contribution in [2.24, 2.45) is 5.73 Å². The van der Waals surface area contributed by atoms with Gasteiger partial charge in [0, 0.05) is 7.05 Å². The van der Waals surface area contributed by atoms with E-state index in [0.717, 1.165) is 0 Å². The Morgan fingerprint density at radius 3 is 2.65 bits per heavy atom. The molecule has 0 aliphatic carbocycles. The second kappa shape index (κ2) is 5.42. The summed E-state index contributed by atoms with van der Waals surface area (Å²) in [5.74, 6) is -1.21. The van der Waals surface area contributed by atoms with E-state index < -0.39 is 17.8 Å². The van der Waals surface area contributed by atoms with Gasteiger partial charge in [0.25, 0.3) is 5.91 Å². The summed E-state index contributed by atoms with van der Waals surface area (Å²) in [6.07, 6.45) is 0. The van der Waals surface area contributed by atoms with Crippen LogP contribution in [0.5, 0.6) is 0 Å². The van der Waals surface area contributed by atoms with E-state index in [1.54, 1.807) is 6.92 Å². The van der Waals surface area contributed by atoms with Crippen LogP contribution in [0, 0.1) is 5.82 Å². The van der Waals surface area contributed by atoms with E-state index in [1.807, 2.05) is 0 Å². The molecule has 0 fully saturated rings. The van der Waals surface area contributed by atoms with Gasteiger partial charge in [-0.3, -0.25) is 4.79 Å². The van der Waals surface area contributed by atoms with Gasteiger partial charge in [-0.1, -0.05) is 29.9 Å². The minimum absolute atomic E-state index is 0.0667. The van der Waals surface area contributed by atoms with Gasteiger partial charge in [-0.25, -0.2) is 4.39 Å². The van der Waals surface area contributed by atoms with E-state index in [2.05, 4.69) is 0 Å². The van der Waals surface area contributed by atoms with Crippen molar-refractivity contribution in [1.29, 1.82) is 0 Å². The predicted molar refractivity (Wildman–Crippen MR) is 69.8 cm³/mol. The molecule has 0 radical (unpaired) electrons. The average molecular weight is 275 g/mol. The molecule has 92 valence electrons. The number of likely N-dealkylation sites (N-methyl/N-ethyl adjacent to an activating group) is 1. The van der Waals surface area contributed by atoms with Crippen LogP contribution in [-0.4, -0.2) is 28.9 Å². The molecular formula is C11H12ClFN2OS. The number of benzene rings is 1. The summed E-state index contributed by atoms with van der Waals surface area (Å²) in [5.41, 5.74) is 5.27. The van der Waals surface area contributed by atoms with Crippen molar-refractivity contribution in [2.75, 3.05) is 7.05 Å². The molecular weight excluding hydrogens is 263 g/mol. The Kier molecular flexibility index (Phi) is 4.42. The lowest BCUT2D eigenvalue weighted by Gasteiger charge is -2.24. The number of rotatable bonds is 3. The summed E-state index contributed by atoms with van der Waals surface area (Å²) >= 11 is 10.6. The van der Waals surface area contributed by atoms with Gasteiger partial charge in [0.15, 0.2) is 0 Å². The Labute approximate surface area is 109 Å². The van der Waals surface area contributed by atoms with Gasteiger partial charge in [0.2, 0.25) is 0 Å². The minimum Gasteiger partial charge on any atom is -0.392 e. The highest BCUT2D eigenvalue weighted by molar-refractivity contribution is 7.80. The van der Waals surface area contributed by atoms with Gasteiger partial charge >= 0.3 is 0 Å². The maximum absolute atomic E-state index is 13.5. The highest BCUT2D eigenvalue weighted by atomic mass is 35.5. The van der Waals surface area contributed by atoms with Gasteiger partial charge < -0.3 is 10.6 Å². The lowest BCUT2D eigenvalue weighted by atomic mass is 10.1. The summed E-state index contributed by atoms with van der Waals surface area (Å²) in [5, 5.41) is 0.0667. The minimum atomic E-state index is -0.663. The van der Waals surface area contributed by atoms with E-state index in [1.165, 1.54) is 30.1 Å². The van der Waals surface area contributed by atoms with Gasteiger partial charge in [-0.15, -0.1) is 0 Å². The van der Waals surface area contributed by atoms with Crippen molar-refractivity contribution < 1.29 is 9.18 Å². The Hall–Kier alpha value is -1.20. The first kappa shape index (κ1) is 13.9. The van der Waals surface area contributed by atoms with Crippen LogP contribution in [-0.2, 0) is 0 Å². The smallest absolute Gasteiger partial charge is 0.258 e. The first-order valence-corrected chi connectivity index (χ1v) is 5.65. The molecule has 0 spiro atoms. The number of nitrogens with two attached hydrogens (primary N) is 1. The quantitative estimate of drug-likeness (QED) is 0.860. The number of hydrogen-bond acceptors (Lipinski definition) is 2. The van der Waals surface area contributed by atoms with Crippen LogP contribution >= 0.6 is 23.8 Å². The monoisotopic (exact) mass is 274 g/mol. The molecule has 0 aliphatic rings. The van der Waals surface area contributed by atoms with Gasteiger partial charge in [-0.2, -0.15) is 0 Å². The Morgan fingerprint density at radius 1 is 1.59 bits per heavy atom. The normalized spacial score (nSPS) is 12.0. The van der Waals surface area contributed by atoms with Crippen LogP contribution in [0.3, 0.4) is 0 Å². The van der Waals surface area contributed by atoms with E-state index in [-0.39, 0.29) is 15.6 Å². The number of amides is 1. The van der Waals surface area contributed by atoms with Crippen molar-refractivity contribution in [2.45, 2.75) is 13.0 Å². The van der Waals surface area contributed by atoms with Gasteiger partial charge in [0.1, 0.15) is 5.82 Å². The Morgan fingerprint density at radius 2 is 2.18 bits per heavy atom. The van der Waals surface area contributed by atoms with Crippen LogP contribution in [0.25, 0.3) is 0 Å². The molecule has 0 bridgehead atoms. The molecule has 1 atom stereocenters. The predicted octanol–water partition coefficient (Wildman–Crippen LogP) is 2.23. The van der Waals surface area contributed by atoms with Crippen molar-refractivity contribution in [1.82, 2.24) is 4.90 Å². The van der Waals surface area contributed by atoms with Crippen LogP contribution < -0.4 is 5.73 Å². The van der Waals surface area contributed by atoms with Gasteiger partial charge in [0.05, 0.1) is 21.6 Å². The van der Waals surface area contributed by atoms with Crippen LogP contribution in [0.4, 0.5) is 4.39 Å². The average Bonchev–Trinajstić information content (AvgIpc) is 2.26. The second-order valence-electron chi connectivity index (χ2n) is 3.59. The molecule has 3 nitrogen and oxygen atoms in total. The van der Waals surface area contributed by atoms with Gasteiger partial charge in [-0.05, 0) is 19.1 Å². The van der Waals surface area contributed by atoms with Crippen LogP contribution in [0.15, 0.2) is 18.2 Å². The largest absolute Gasteiger partial charge is 0.392 e. The molecule has 1 aromatic carbocycles. The standard InChI is InChI=1S/C11H12ClFN2OS/c1-6(10(14)17)15(2)11(16)9-7(12)4-3-5-8(9)13/h3-6H,1-2H3,(H2,14,17). The number of hydrogen-bond donors (Lipinski definition) is 1. The summed E-state index contributed by atoms with van der Waals surface area (Å²) in [6.45, 7) is 1.66. The molecule has 2 N–H and O–H groups in total. The van der Waals surface area contributed by atoms with Crippen molar-refractivity contribution >= 4 is 34.7 Å². The number of carbonyl (C=O) groups excluding carboxylic acids is 1. The molecule has 1 amide bonds. The Balaban J connectivity index is 3.09. The topological polar surface area (TPSA) is 46.3 Å². The molecule has 1 rings (SSSR count). The third kappa shape index (κ3) is 2.92. The fourth-order valence-corrected chi connectivity index (χ4v) is 1.65. The fraction of sp³-hybridized carbons (Fsp3) is 0.273. The molecule has 0 aliphatic heterocycles. The maximum Gasteiger partial charge on any atom is 0.258 e. The highest BCUT2D eigenvalue weighted by Gasteiger charge is 2.23. The van der Waals surface area contributed by atoms with Crippen LogP contribution in [0.1, 0.15) is 17.3 Å². The number of nitrogens with zero attached hydrogens (tertiary/aromatic N) is 1. The molecule has 6 heteroatoms. The van der Waals surface area contributed by atoms with E-state index in [0.29, 0.717) is 0 Å². The molecule has 1 aromatic rings. The SMILES string of the molecule is CC(C(N)=S)N(C)C(=O)c1c(F)cccc1Cl. The number of thiocarbonyl (C=S) groups is 1. The van der Waals surface area contributed by atoms with Crippen molar-refractivity contribution in [3.05, 3.63) is 34.6 Å². The first-order valence-electron chi connectivity index (χ1n) is 4.86. The maximum atomic E-state index is 13.5. The summed E-state index contributed by atoms with van der Waals surface area (Å²) in [7, 11) is 1.49. The zero-order chi connectivity index (χ0) is 13.2. The highest BCUT2D eigenvalue weighted by Crippen LogP contribution is 2.21. The fourth-order valence-electron chi connectivity index (χ4n) is 1.25. The zero-order valence-corrected chi connectivity index (χ0v) is 11.0. The van der Waals surface area contributed by atoms with E-state index in [4.69, 9.17) is 29.6 Å². The summed E-state index contributed by atoms with van der Waals surface area (Å²) in [4.78, 5) is 13.4. The van der Waals surface area contributed by atoms with E-state index in [9.17, 15) is 9.18 Å². The third-order valence-corrected chi connectivity index (χ3v) is 3.15. The lowest BCUT2D eigenvalue weighted by Crippen LogP contribution is -2.43. The molecule has 0 saturated carbocycles. The number of halogens is 2. The van der Waals surface area contributed by atoms with Crippen LogP contribution in [0.2, 0.25) is 5.02 Å². The van der Waals surface area contributed by atoms with Crippen molar-refractivity contribution in [3.63, 3.8) is 0 Å². The number of carbonyl (C=O) groups is 1. The lowest BCUT2D eigenvalue weighted by molar-refractivity contribution is 0.0774. The third-order valence-electron chi connectivity index (χ3n) is 2.49. The molecule has 17 heavy (non-hydrogen) atoms. The summed E-state index contributed by atoms with van der Waals surface area (Å²) in [6, 6.07) is 3.61.